The van der Waals surface area contributed by atoms with E-state index in [2.05, 4.69) is 5.32 Å². The molecule has 0 unspecified atom stereocenters. The van der Waals surface area contributed by atoms with E-state index in [0.29, 0.717) is 21.7 Å². The molecule has 0 spiro atoms. The number of rotatable bonds is 2. The Labute approximate surface area is 103 Å². The van der Waals surface area contributed by atoms with Crippen molar-refractivity contribution in [2.75, 3.05) is 0 Å². The summed E-state index contributed by atoms with van der Waals surface area (Å²) in [5.74, 6) is -0.155. The minimum atomic E-state index is -0.155. The van der Waals surface area contributed by atoms with Crippen LogP contribution in [0.4, 0.5) is 0 Å². The summed E-state index contributed by atoms with van der Waals surface area (Å²) in [5, 5.41) is 3.72. The molecule has 80 valence electrons. The number of carbonyl (C=O) groups excluding carboxylic acids is 1. The topological polar surface area (TPSA) is 29.1 Å². The Kier molecular flexibility index (Phi) is 3.10. The maximum Gasteiger partial charge on any atom is 0.251 e. The van der Waals surface area contributed by atoms with Crippen molar-refractivity contribution in [2.45, 2.75) is 18.9 Å². The highest BCUT2D eigenvalue weighted by molar-refractivity contribution is 6.48. The molecule has 2 rings (SSSR count). The normalized spacial score (nSPS) is 15.1. The average molecular weight is 265 g/mol. The van der Waals surface area contributed by atoms with E-state index in [-0.39, 0.29) is 10.9 Å². The van der Waals surface area contributed by atoms with Crippen LogP contribution in [-0.2, 0) is 0 Å². The Hall–Kier alpha value is -0.440. The molecule has 0 aromatic heterocycles. The minimum Gasteiger partial charge on any atom is -0.349 e. The molecule has 1 aliphatic rings. The van der Waals surface area contributed by atoms with E-state index >= 15 is 0 Å². The summed E-state index contributed by atoms with van der Waals surface area (Å²) in [6, 6.07) is 3.35. The number of nitrogens with one attached hydrogen (secondary N) is 1. The van der Waals surface area contributed by atoms with Crippen LogP contribution in [0, 0.1) is 0 Å². The van der Waals surface area contributed by atoms with Crippen molar-refractivity contribution in [3.63, 3.8) is 0 Å². The molecule has 5 heteroatoms. The molecule has 1 aromatic carbocycles. The molecule has 0 saturated heterocycles. The van der Waals surface area contributed by atoms with Crippen LogP contribution in [0.25, 0.3) is 0 Å². The second-order valence-corrected chi connectivity index (χ2v) is 4.69. The number of halogens is 3. The predicted molar refractivity (Wildman–Crippen MR) is 62.0 cm³/mol. The summed E-state index contributed by atoms with van der Waals surface area (Å²) in [6.07, 6.45) is 2.08. The molecule has 0 aliphatic heterocycles. The van der Waals surface area contributed by atoms with E-state index in [1.54, 1.807) is 0 Å². The standard InChI is InChI=1S/C10H8Cl3NO/c11-7-3-5(4-8(12)9(7)13)10(15)14-6-1-2-6/h3-4,6H,1-2H2,(H,14,15). The van der Waals surface area contributed by atoms with Crippen molar-refractivity contribution < 1.29 is 4.79 Å². The SMILES string of the molecule is O=C(NC1CC1)c1cc(Cl)c(Cl)c(Cl)c1. The van der Waals surface area contributed by atoms with Gasteiger partial charge in [0.15, 0.2) is 0 Å². The van der Waals surface area contributed by atoms with E-state index in [0.717, 1.165) is 12.8 Å². The fraction of sp³-hybridized carbons (Fsp3) is 0.300. The third-order valence-electron chi connectivity index (χ3n) is 2.16. The van der Waals surface area contributed by atoms with Gasteiger partial charge in [-0.1, -0.05) is 34.8 Å². The van der Waals surface area contributed by atoms with E-state index in [4.69, 9.17) is 34.8 Å². The largest absolute Gasteiger partial charge is 0.349 e. The Morgan fingerprint density at radius 3 is 2.20 bits per heavy atom. The van der Waals surface area contributed by atoms with Gasteiger partial charge in [-0.25, -0.2) is 0 Å². The summed E-state index contributed by atoms with van der Waals surface area (Å²) in [7, 11) is 0. The molecule has 1 aromatic rings. The van der Waals surface area contributed by atoms with Crippen LogP contribution < -0.4 is 5.32 Å². The van der Waals surface area contributed by atoms with Crippen LogP contribution in [0.1, 0.15) is 23.2 Å². The monoisotopic (exact) mass is 263 g/mol. The molecule has 1 fully saturated rings. The highest BCUT2D eigenvalue weighted by atomic mass is 35.5. The van der Waals surface area contributed by atoms with Gasteiger partial charge in [0.1, 0.15) is 0 Å². The molecular formula is C10H8Cl3NO. The van der Waals surface area contributed by atoms with Gasteiger partial charge in [0.25, 0.3) is 5.91 Å². The van der Waals surface area contributed by atoms with Gasteiger partial charge in [-0.2, -0.15) is 0 Å². The first-order chi connectivity index (χ1) is 7.08. The zero-order chi connectivity index (χ0) is 11.0. The van der Waals surface area contributed by atoms with Crippen LogP contribution in [0.2, 0.25) is 15.1 Å². The highest BCUT2D eigenvalue weighted by Gasteiger charge is 2.24. The molecule has 2 nitrogen and oxygen atoms in total. The van der Waals surface area contributed by atoms with Crippen molar-refractivity contribution in [3.05, 3.63) is 32.8 Å². The van der Waals surface area contributed by atoms with Crippen LogP contribution in [0.3, 0.4) is 0 Å². The fourth-order valence-corrected chi connectivity index (χ4v) is 1.78. The van der Waals surface area contributed by atoms with Crippen molar-refractivity contribution in [2.24, 2.45) is 0 Å². The maximum absolute atomic E-state index is 11.6. The van der Waals surface area contributed by atoms with Gasteiger partial charge >= 0.3 is 0 Å². The van der Waals surface area contributed by atoms with Gasteiger partial charge in [-0.15, -0.1) is 0 Å². The van der Waals surface area contributed by atoms with Gasteiger partial charge in [-0.05, 0) is 25.0 Å². The quantitative estimate of drug-likeness (QED) is 0.813. The highest BCUT2D eigenvalue weighted by Crippen LogP contribution is 2.31. The van der Waals surface area contributed by atoms with Gasteiger partial charge in [0, 0.05) is 11.6 Å². The van der Waals surface area contributed by atoms with Crippen molar-refractivity contribution >= 4 is 40.7 Å². The number of hydrogen-bond acceptors (Lipinski definition) is 1. The predicted octanol–water partition coefficient (Wildman–Crippen LogP) is 3.54. The average Bonchev–Trinajstić information content (AvgIpc) is 2.97. The summed E-state index contributed by atoms with van der Waals surface area (Å²) in [4.78, 5) is 11.6. The van der Waals surface area contributed by atoms with Crippen LogP contribution >= 0.6 is 34.8 Å². The third-order valence-corrected chi connectivity index (χ3v) is 3.36. The molecular weight excluding hydrogens is 256 g/mol. The van der Waals surface area contributed by atoms with Crippen LogP contribution in [0.5, 0.6) is 0 Å². The molecule has 1 aliphatic carbocycles. The number of hydrogen-bond donors (Lipinski definition) is 1. The first-order valence-corrected chi connectivity index (χ1v) is 5.66. The van der Waals surface area contributed by atoms with E-state index < -0.39 is 0 Å². The number of carbonyl (C=O) groups is 1. The Bertz CT molecular complexity index is 392. The van der Waals surface area contributed by atoms with E-state index in [1.165, 1.54) is 12.1 Å². The van der Waals surface area contributed by atoms with E-state index in [9.17, 15) is 4.79 Å². The molecule has 1 amide bonds. The lowest BCUT2D eigenvalue weighted by atomic mass is 10.2. The molecule has 1 N–H and O–H groups in total. The second kappa shape index (κ2) is 4.20. The first-order valence-electron chi connectivity index (χ1n) is 4.53. The van der Waals surface area contributed by atoms with Crippen molar-refractivity contribution in [1.82, 2.24) is 5.32 Å². The molecule has 0 heterocycles. The van der Waals surface area contributed by atoms with Gasteiger partial charge in [-0.3, -0.25) is 4.79 Å². The lowest BCUT2D eigenvalue weighted by Gasteiger charge is -2.05. The van der Waals surface area contributed by atoms with Crippen LogP contribution in [-0.4, -0.2) is 11.9 Å². The van der Waals surface area contributed by atoms with Gasteiger partial charge in [0.2, 0.25) is 0 Å². The zero-order valence-corrected chi connectivity index (χ0v) is 9.96. The fourth-order valence-electron chi connectivity index (χ4n) is 1.18. The Morgan fingerprint density at radius 1 is 1.20 bits per heavy atom. The molecule has 0 radical (unpaired) electrons. The second-order valence-electron chi connectivity index (χ2n) is 3.50. The lowest BCUT2D eigenvalue weighted by molar-refractivity contribution is 0.0951. The molecule has 0 bridgehead atoms. The first kappa shape index (κ1) is 11.1. The smallest absolute Gasteiger partial charge is 0.251 e. The third kappa shape index (κ3) is 2.57. The molecule has 1 saturated carbocycles. The van der Waals surface area contributed by atoms with Crippen molar-refractivity contribution in [3.8, 4) is 0 Å². The van der Waals surface area contributed by atoms with E-state index in [1.807, 2.05) is 0 Å². The summed E-state index contributed by atoms with van der Waals surface area (Å²) in [6.45, 7) is 0. The number of amides is 1. The van der Waals surface area contributed by atoms with Crippen LogP contribution in [0.15, 0.2) is 12.1 Å². The Morgan fingerprint density at radius 2 is 1.73 bits per heavy atom. The maximum atomic E-state index is 11.6. The van der Waals surface area contributed by atoms with Crippen molar-refractivity contribution in [1.29, 1.82) is 0 Å². The summed E-state index contributed by atoms with van der Waals surface area (Å²) >= 11 is 17.4. The minimum absolute atomic E-state index is 0.155. The lowest BCUT2D eigenvalue weighted by Crippen LogP contribution is -2.25. The van der Waals surface area contributed by atoms with Gasteiger partial charge < -0.3 is 5.32 Å². The molecule has 0 atom stereocenters. The Balaban J connectivity index is 2.23. The number of benzene rings is 1. The summed E-state index contributed by atoms with van der Waals surface area (Å²) in [5.41, 5.74) is 0.446. The summed E-state index contributed by atoms with van der Waals surface area (Å²) < 4.78 is 0. The zero-order valence-electron chi connectivity index (χ0n) is 7.69. The van der Waals surface area contributed by atoms with Gasteiger partial charge in [0.05, 0.1) is 15.1 Å². The molecule has 15 heavy (non-hydrogen) atoms.